The molecule has 0 radical (unpaired) electrons. The largest absolute Gasteiger partial charge is 0.497 e. The fraction of sp³-hybridized carbons (Fsp3) is 0.611. The highest BCUT2D eigenvalue weighted by Gasteiger charge is 2.42. The molecule has 1 N–H and O–H groups in total. The molecule has 8 heteroatoms. The average molecular weight is 381 g/mol. The Bertz CT molecular complexity index is 759. The Morgan fingerprint density at radius 2 is 1.96 bits per heavy atom. The highest BCUT2D eigenvalue weighted by molar-refractivity contribution is 7.87. The van der Waals surface area contributed by atoms with Crippen molar-refractivity contribution in [2.75, 3.05) is 27.2 Å². The van der Waals surface area contributed by atoms with Gasteiger partial charge in [0.15, 0.2) is 0 Å². The summed E-state index contributed by atoms with van der Waals surface area (Å²) < 4.78 is 34.2. The number of nitrogens with one attached hydrogen (secondary N) is 1. The second kappa shape index (κ2) is 7.54. The molecule has 144 valence electrons. The third kappa shape index (κ3) is 3.87. The number of carbonyl (C=O) groups is 1. The van der Waals surface area contributed by atoms with Crippen LogP contribution in [0.5, 0.6) is 5.75 Å². The maximum atomic E-state index is 13.0. The summed E-state index contributed by atoms with van der Waals surface area (Å²) in [4.78, 5) is 14.8. The van der Waals surface area contributed by atoms with Gasteiger partial charge in [-0.25, -0.2) is 0 Å². The molecule has 2 aliphatic rings. The molecule has 1 aromatic carbocycles. The van der Waals surface area contributed by atoms with Crippen molar-refractivity contribution >= 4 is 16.1 Å². The molecule has 3 rings (SSSR count). The van der Waals surface area contributed by atoms with E-state index in [4.69, 9.17) is 4.74 Å². The molecule has 26 heavy (non-hydrogen) atoms. The monoisotopic (exact) mass is 381 g/mol. The van der Waals surface area contributed by atoms with E-state index in [9.17, 15) is 13.2 Å². The smallest absolute Gasteiger partial charge is 0.280 e. The van der Waals surface area contributed by atoms with E-state index >= 15 is 0 Å². The molecule has 0 unspecified atom stereocenters. The number of amides is 1. The number of methoxy groups -OCH3 is 1. The molecular formula is C18H27N3O4S. The van der Waals surface area contributed by atoms with Crippen LogP contribution in [0.2, 0.25) is 0 Å². The van der Waals surface area contributed by atoms with Crippen LogP contribution in [0.3, 0.4) is 0 Å². The maximum absolute atomic E-state index is 13.0. The molecule has 0 bridgehead atoms. The lowest BCUT2D eigenvalue weighted by molar-refractivity contribution is -0.137. The Kier molecular flexibility index (Phi) is 5.55. The van der Waals surface area contributed by atoms with Gasteiger partial charge in [0.25, 0.3) is 10.2 Å². The van der Waals surface area contributed by atoms with Crippen molar-refractivity contribution < 1.29 is 17.9 Å². The molecular weight excluding hydrogens is 354 g/mol. The zero-order valence-corrected chi connectivity index (χ0v) is 16.3. The first-order valence-electron chi connectivity index (χ1n) is 9.00. The molecule has 0 spiro atoms. The molecule has 1 amide bonds. The van der Waals surface area contributed by atoms with Gasteiger partial charge in [-0.2, -0.15) is 17.4 Å². The van der Waals surface area contributed by atoms with E-state index in [2.05, 4.69) is 11.6 Å². The van der Waals surface area contributed by atoms with E-state index in [-0.39, 0.29) is 5.91 Å². The van der Waals surface area contributed by atoms with E-state index < -0.39 is 22.3 Å². The molecule has 0 aromatic heterocycles. The van der Waals surface area contributed by atoms with Crippen LogP contribution in [0.4, 0.5) is 0 Å². The first-order valence-corrected chi connectivity index (χ1v) is 10.4. The number of benzene rings is 1. The van der Waals surface area contributed by atoms with Gasteiger partial charge in [-0.3, -0.25) is 4.79 Å². The molecule has 0 aliphatic carbocycles. The van der Waals surface area contributed by atoms with E-state index in [0.29, 0.717) is 31.2 Å². The second-order valence-electron chi connectivity index (χ2n) is 7.23. The highest BCUT2D eigenvalue weighted by atomic mass is 32.2. The summed E-state index contributed by atoms with van der Waals surface area (Å²) in [5.41, 5.74) is 0.797. The molecule has 1 aromatic rings. The fourth-order valence-electron chi connectivity index (χ4n) is 3.61. The van der Waals surface area contributed by atoms with Gasteiger partial charge in [-0.1, -0.05) is 19.1 Å². The molecule has 0 saturated carbocycles. The number of carbonyl (C=O) groups excluding carboxylic acids is 1. The van der Waals surface area contributed by atoms with Gasteiger partial charge in [-0.05, 0) is 42.9 Å². The Morgan fingerprint density at radius 3 is 2.62 bits per heavy atom. The predicted molar refractivity (Wildman–Crippen MR) is 98.9 cm³/mol. The van der Waals surface area contributed by atoms with Crippen molar-refractivity contribution in [2.24, 2.45) is 5.92 Å². The number of nitrogens with zero attached hydrogens (tertiary/aromatic N) is 2. The van der Waals surface area contributed by atoms with Gasteiger partial charge < -0.3 is 9.64 Å². The lowest BCUT2D eigenvalue weighted by atomic mass is 9.96. The lowest BCUT2D eigenvalue weighted by Gasteiger charge is -2.40. The third-order valence-electron chi connectivity index (χ3n) is 5.44. The maximum Gasteiger partial charge on any atom is 0.280 e. The summed E-state index contributed by atoms with van der Waals surface area (Å²) in [6.07, 6.45) is 2.33. The number of piperidine rings is 1. The summed E-state index contributed by atoms with van der Waals surface area (Å²) >= 11 is 0. The Morgan fingerprint density at radius 1 is 1.27 bits per heavy atom. The van der Waals surface area contributed by atoms with Gasteiger partial charge in [-0.15, -0.1) is 0 Å². The fourth-order valence-corrected chi connectivity index (χ4v) is 4.88. The summed E-state index contributed by atoms with van der Waals surface area (Å²) in [5, 5.41) is 0. The van der Waals surface area contributed by atoms with Gasteiger partial charge >= 0.3 is 0 Å². The Hall–Kier alpha value is -1.64. The van der Waals surface area contributed by atoms with Crippen molar-refractivity contribution in [1.29, 1.82) is 0 Å². The average Bonchev–Trinajstić information content (AvgIpc) is 2.64. The van der Waals surface area contributed by atoms with E-state index in [0.717, 1.165) is 18.4 Å². The molecule has 2 aliphatic heterocycles. The van der Waals surface area contributed by atoms with E-state index in [1.54, 1.807) is 7.11 Å². The summed E-state index contributed by atoms with van der Waals surface area (Å²) in [5.74, 6) is 1.17. The summed E-state index contributed by atoms with van der Waals surface area (Å²) in [7, 11) is -0.684. The Labute approximate surface area is 155 Å². The van der Waals surface area contributed by atoms with Crippen molar-refractivity contribution in [3.05, 3.63) is 29.8 Å². The zero-order valence-electron chi connectivity index (χ0n) is 15.5. The number of likely N-dealkylation sites (N-methyl/N-ethyl adjacent to an activating group) is 1. The molecule has 2 atom stereocenters. The van der Waals surface area contributed by atoms with Crippen LogP contribution in [0.15, 0.2) is 24.3 Å². The van der Waals surface area contributed by atoms with Gasteiger partial charge in [0.2, 0.25) is 5.91 Å². The van der Waals surface area contributed by atoms with Crippen LogP contribution < -0.4 is 9.46 Å². The number of ether oxygens (including phenoxy) is 1. The van der Waals surface area contributed by atoms with Crippen LogP contribution in [0.25, 0.3) is 0 Å². The lowest BCUT2D eigenvalue weighted by Crippen LogP contribution is -2.58. The first-order chi connectivity index (χ1) is 12.3. The van der Waals surface area contributed by atoms with Crippen molar-refractivity contribution in [2.45, 2.75) is 38.3 Å². The van der Waals surface area contributed by atoms with Crippen LogP contribution >= 0.6 is 0 Å². The summed E-state index contributed by atoms with van der Waals surface area (Å²) in [6.45, 7) is 3.57. The van der Waals surface area contributed by atoms with Crippen LogP contribution in [-0.2, 0) is 15.0 Å². The standard InChI is InChI=1S/C18H27N3O4S/c1-13-7-9-21(10-8-13)18(22)17-12-16(19-26(23,24)20(17)2)14-5-4-6-15(11-14)25-3/h4-6,11,13,16-17,19H,7-10,12H2,1-3H3/t16-,17-/m0/s1. The number of hydrogen-bond donors (Lipinski definition) is 1. The van der Waals surface area contributed by atoms with Crippen LogP contribution in [-0.4, -0.2) is 56.8 Å². The highest BCUT2D eigenvalue weighted by Crippen LogP contribution is 2.31. The first kappa shape index (κ1) is 19.1. The van der Waals surface area contributed by atoms with Gasteiger partial charge in [0, 0.05) is 20.1 Å². The van der Waals surface area contributed by atoms with Crippen molar-refractivity contribution in [3.8, 4) is 5.75 Å². The van der Waals surface area contributed by atoms with Crippen molar-refractivity contribution in [3.63, 3.8) is 0 Å². The topological polar surface area (TPSA) is 79.0 Å². The number of rotatable bonds is 3. The summed E-state index contributed by atoms with van der Waals surface area (Å²) in [6, 6.07) is 6.15. The van der Waals surface area contributed by atoms with E-state index in [1.165, 1.54) is 11.4 Å². The molecule has 2 fully saturated rings. The third-order valence-corrected chi connectivity index (χ3v) is 7.04. The van der Waals surface area contributed by atoms with Crippen molar-refractivity contribution in [1.82, 2.24) is 13.9 Å². The van der Waals surface area contributed by atoms with Gasteiger partial charge in [0.05, 0.1) is 13.2 Å². The second-order valence-corrected chi connectivity index (χ2v) is 8.99. The predicted octanol–water partition coefficient (Wildman–Crippen LogP) is 1.53. The zero-order chi connectivity index (χ0) is 18.9. The van der Waals surface area contributed by atoms with E-state index in [1.807, 2.05) is 29.2 Å². The quantitative estimate of drug-likeness (QED) is 0.861. The SMILES string of the molecule is COc1cccc([C@@H]2C[C@@H](C(=O)N3CCC(C)CC3)N(C)S(=O)(=O)N2)c1. The molecule has 2 heterocycles. The minimum Gasteiger partial charge on any atom is -0.497 e. The molecule has 7 nitrogen and oxygen atoms in total. The normalized spacial score (nSPS) is 27.3. The minimum absolute atomic E-state index is 0.0997. The number of likely N-dealkylation sites (tertiary alicyclic amines) is 1. The van der Waals surface area contributed by atoms with Crippen LogP contribution in [0, 0.1) is 5.92 Å². The Balaban J connectivity index is 1.83. The van der Waals surface area contributed by atoms with Crippen LogP contribution in [0.1, 0.15) is 37.8 Å². The number of hydrogen-bond acceptors (Lipinski definition) is 4. The van der Waals surface area contributed by atoms with Gasteiger partial charge in [0.1, 0.15) is 11.8 Å². The minimum atomic E-state index is -3.73. The molecule has 2 saturated heterocycles.